The van der Waals surface area contributed by atoms with E-state index >= 15 is 0 Å². The van der Waals surface area contributed by atoms with Crippen molar-refractivity contribution >= 4 is 11.3 Å². The van der Waals surface area contributed by atoms with Gasteiger partial charge in [-0.25, -0.2) is 0 Å². The van der Waals surface area contributed by atoms with E-state index < -0.39 is 0 Å². The minimum Gasteiger partial charge on any atom is -0.385 e. The van der Waals surface area contributed by atoms with E-state index in [1.807, 2.05) is 11.3 Å². The SMILES string of the molecule is CCCNC(CCOC)c1sccc1C. The second-order valence-electron chi connectivity index (χ2n) is 3.76. The summed E-state index contributed by atoms with van der Waals surface area (Å²) < 4.78 is 5.15. The first-order valence-corrected chi connectivity index (χ1v) is 6.43. The molecule has 0 amide bonds. The Hall–Kier alpha value is -0.380. The topological polar surface area (TPSA) is 21.3 Å². The highest BCUT2D eigenvalue weighted by atomic mass is 32.1. The molecule has 1 atom stereocenters. The molecule has 1 aromatic rings. The molecule has 1 unspecified atom stereocenters. The van der Waals surface area contributed by atoms with Crippen molar-refractivity contribution in [1.82, 2.24) is 5.32 Å². The third-order valence-electron chi connectivity index (χ3n) is 2.47. The van der Waals surface area contributed by atoms with E-state index in [2.05, 4.69) is 30.6 Å². The van der Waals surface area contributed by atoms with E-state index in [0.29, 0.717) is 6.04 Å². The van der Waals surface area contributed by atoms with Gasteiger partial charge in [0.25, 0.3) is 0 Å². The summed E-state index contributed by atoms with van der Waals surface area (Å²) in [5.41, 5.74) is 1.39. The molecule has 0 aliphatic rings. The molecule has 0 aliphatic heterocycles. The second-order valence-corrected chi connectivity index (χ2v) is 4.70. The first kappa shape index (κ1) is 12.7. The fourth-order valence-electron chi connectivity index (χ4n) is 1.62. The Labute approximate surface area is 96.7 Å². The van der Waals surface area contributed by atoms with Crippen LogP contribution in [-0.4, -0.2) is 20.3 Å². The molecule has 1 N–H and O–H groups in total. The van der Waals surface area contributed by atoms with Crippen molar-refractivity contribution in [3.63, 3.8) is 0 Å². The summed E-state index contributed by atoms with van der Waals surface area (Å²) >= 11 is 1.84. The average molecular weight is 227 g/mol. The smallest absolute Gasteiger partial charge is 0.0480 e. The van der Waals surface area contributed by atoms with Crippen LogP contribution in [0.4, 0.5) is 0 Å². The lowest BCUT2D eigenvalue weighted by atomic mass is 10.1. The van der Waals surface area contributed by atoms with Crippen LogP contribution in [-0.2, 0) is 4.74 Å². The third-order valence-corrected chi connectivity index (χ3v) is 3.60. The van der Waals surface area contributed by atoms with Gasteiger partial charge in [0.1, 0.15) is 0 Å². The molecule has 1 heterocycles. The predicted octanol–water partition coefficient (Wildman–Crippen LogP) is 3.13. The van der Waals surface area contributed by atoms with E-state index in [4.69, 9.17) is 4.74 Å². The average Bonchev–Trinajstić information content (AvgIpc) is 2.65. The van der Waals surface area contributed by atoms with E-state index in [0.717, 1.165) is 19.6 Å². The van der Waals surface area contributed by atoms with Crippen LogP contribution in [0.25, 0.3) is 0 Å². The van der Waals surface area contributed by atoms with E-state index in [9.17, 15) is 0 Å². The lowest BCUT2D eigenvalue weighted by Crippen LogP contribution is -2.23. The summed E-state index contributed by atoms with van der Waals surface area (Å²) in [6.45, 7) is 6.27. The third kappa shape index (κ3) is 3.93. The molecule has 0 spiro atoms. The van der Waals surface area contributed by atoms with Crippen LogP contribution in [0, 0.1) is 6.92 Å². The predicted molar refractivity (Wildman–Crippen MR) is 66.6 cm³/mol. The normalized spacial score (nSPS) is 13.0. The van der Waals surface area contributed by atoms with Crippen LogP contribution in [0.3, 0.4) is 0 Å². The van der Waals surface area contributed by atoms with Gasteiger partial charge in [-0.05, 0) is 43.3 Å². The number of methoxy groups -OCH3 is 1. The zero-order chi connectivity index (χ0) is 11.1. The maximum atomic E-state index is 5.15. The van der Waals surface area contributed by atoms with E-state index in [-0.39, 0.29) is 0 Å². The van der Waals surface area contributed by atoms with Gasteiger partial charge in [-0.2, -0.15) is 0 Å². The van der Waals surface area contributed by atoms with Crippen LogP contribution in [0.5, 0.6) is 0 Å². The van der Waals surface area contributed by atoms with Crippen molar-refractivity contribution in [1.29, 1.82) is 0 Å². The van der Waals surface area contributed by atoms with Gasteiger partial charge in [0.2, 0.25) is 0 Å². The molecule has 0 aliphatic carbocycles. The van der Waals surface area contributed by atoms with Gasteiger partial charge in [0.05, 0.1) is 0 Å². The van der Waals surface area contributed by atoms with Crippen LogP contribution < -0.4 is 5.32 Å². The van der Waals surface area contributed by atoms with Crippen LogP contribution >= 0.6 is 11.3 Å². The Morgan fingerprint density at radius 2 is 2.33 bits per heavy atom. The Morgan fingerprint density at radius 3 is 2.87 bits per heavy atom. The maximum Gasteiger partial charge on any atom is 0.0480 e. The Balaban J connectivity index is 2.58. The van der Waals surface area contributed by atoms with Crippen molar-refractivity contribution in [2.75, 3.05) is 20.3 Å². The first-order chi connectivity index (χ1) is 7.29. The minimum absolute atomic E-state index is 0.463. The molecule has 0 radical (unpaired) electrons. The summed E-state index contributed by atoms with van der Waals surface area (Å²) in [4.78, 5) is 1.46. The molecule has 0 aromatic carbocycles. The molecule has 15 heavy (non-hydrogen) atoms. The molecule has 2 nitrogen and oxygen atoms in total. The van der Waals surface area contributed by atoms with Crippen molar-refractivity contribution in [2.24, 2.45) is 0 Å². The molecule has 86 valence electrons. The largest absolute Gasteiger partial charge is 0.385 e. The molecular formula is C12H21NOS. The minimum atomic E-state index is 0.463. The van der Waals surface area contributed by atoms with E-state index in [1.165, 1.54) is 16.9 Å². The fourth-order valence-corrected chi connectivity index (χ4v) is 2.66. The highest BCUT2D eigenvalue weighted by molar-refractivity contribution is 7.10. The lowest BCUT2D eigenvalue weighted by Gasteiger charge is -2.17. The van der Waals surface area contributed by atoms with Crippen molar-refractivity contribution in [2.45, 2.75) is 32.7 Å². The highest BCUT2D eigenvalue weighted by Gasteiger charge is 2.13. The Morgan fingerprint density at radius 1 is 1.53 bits per heavy atom. The van der Waals surface area contributed by atoms with Crippen LogP contribution in [0.1, 0.15) is 36.2 Å². The van der Waals surface area contributed by atoms with Gasteiger partial charge < -0.3 is 10.1 Å². The quantitative estimate of drug-likeness (QED) is 0.772. The fraction of sp³-hybridized carbons (Fsp3) is 0.667. The van der Waals surface area contributed by atoms with Gasteiger partial charge >= 0.3 is 0 Å². The van der Waals surface area contributed by atoms with Crippen LogP contribution in [0.2, 0.25) is 0 Å². The summed E-state index contributed by atoms with van der Waals surface area (Å²) in [5.74, 6) is 0. The summed E-state index contributed by atoms with van der Waals surface area (Å²) in [5, 5.41) is 5.74. The molecule has 0 bridgehead atoms. The Kier molecular flexibility index (Phi) is 5.91. The summed E-state index contributed by atoms with van der Waals surface area (Å²) in [6, 6.07) is 2.65. The molecule has 1 aromatic heterocycles. The molecule has 0 saturated carbocycles. The maximum absolute atomic E-state index is 5.15. The van der Waals surface area contributed by atoms with Crippen molar-refractivity contribution in [3.8, 4) is 0 Å². The number of hydrogen-bond donors (Lipinski definition) is 1. The molecule has 0 fully saturated rings. The first-order valence-electron chi connectivity index (χ1n) is 5.56. The van der Waals surface area contributed by atoms with Crippen LogP contribution in [0.15, 0.2) is 11.4 Å². The lowest BCUT2D eigenvalue weighted by molar-refractivity contribution is 0.183. The second kappa shape index (κ2) is 6.99. The number of ether oxygens (including phenoxy) is 1. The summed E-state index contributed by atoms with van der Waals surface area (Å²) in [6.07, 6.45) is 2.23. The number of rotatable bonds is 7. The van der Waals surface area contributed by atoms with Gasteiger partial charge in [-0.3, -0.25) is 0 Å². The molecular weight excluding hydrogens is 206 g/mol. The number of nitrogens with one attached hydrogen (secondary N) is 1. The van der Waals surface area contributed by atoms with Gasteiger partial charge in [-0.1, -0.05) is 6.92 Å². The molecule has 3 heteroatoms. The zero-order valence-electron chi connectivity index (χ0n) is 9.88. The van der Waals surface area contributed by atoms with Crippen molar-refractivity contribution in [3.05, 3.63) is 21.9 Å². The molecule has 1 rings (SSSR count). The van der Waals surface area contributed by atoms with Gasteiger partial charge in [0, 0.05) is 24.6 Å². The Bertz CT molecular complexity index is 264. The van der Waals surface area contributed by atoms with Gasteiger partial charge in [0.15, 0.2) is 0 Å². The number of thiophene rings is 1. The number of hydrogen-bond acceptors (Lipinski definition) is 3. The van der Waals surface area contributed by atoms with Crippen molar-refractivity contribution < 1.29 is 4.74 Å². The van der Waals surface area contributed by atoms with E-state index in [1.54, 1.807) is 7.11 Å². The zero-order valence-corrected chi connectivity index (χ0v) is 10.7. The monoisotopic (exact) mass is 227 g/mol. The molecule has 0 saturated heterocycles. The standard InChI is InChI=1S/C12H21NOS/c1-4-7-13-11(5-8-14-3)12-10(2)6-9-15-12/h6,9,11,13H,4-5,7-8H2,1-3H3. The number of aryl methyl sites for hydroxylation is 1. The van der Waals surface area contributed by atoms with Gasteiger partial charge in [-0.15, -0.1) is 11.3 Å². The highest BCUT2D eigenvalue weighted by Crippen LogP contribution is 2.26. The summed E-state index contributed by atoms with van der Waals surface area (Å²) in [7, 11) is 1.76.